The smallest absolute Gasteiger partial charge is 0.348 e. The summed E-state index contributed by atoms with van der Waals surface area (Å²) in [4.78, 5) is 24.0. The normalized spacial score (nSPS) is 9.10. The van der Waals surface area contributed by atoms with Gasteiger partial charge in [0.25, 0.3) is 0 Å². The summed E-state index contributed by atoms with van der Waals surface area (Å²) in [6.07, 6.45) is 6.23. The van der Waals surface area contributed by atoms with Crippen LogP contribution in [0.15, 0.2) is 17.7 Å². The van der Waals surface area contributed by atoms with Crippen molar-refractivity contribution >= 4 is 17.8 Å². The molecule has 0 amide bonds. The summed E-state index contributed by atoms with van der Waals surface area (Å²) < 4.78 is 9.16. The van der Waals surface area contributed by atoms with Gasteiger partial charge in [-0.25, -0.2) is 9.59 Å². The molecule has 0 aliphatic heterocycles. The van der Waals surface area contributed by atoms with E-state index < -0.39 is 11.9 Å². The lowest BCUT2D eigenvalue weighted by molar-refractivity contribution is -0.139. The Morgan fingerprint density at radius 1 is 0.903 bits per heavy atom. The molecule has 31 heavy (non-hydrogen) atoms. The van der Waals surface area contributed by atoms with Gasteiger partial charge < -0.3 is 19.8 Å². The molecule has 0 bridgehead atoms. The number of unbranched alkanes of at least 4 members (excludes halogenated alkanes) is 3. The molecule has 0 heterocycles. The first-order chi connectivity index (χ1) is 14.8. The Morgan fingerprint density at radius 2 is 1.42 bits per heavy atom. The monoisotopic (exact) mass is 436 g/mol. The Kier molecular flexibility index (Phi) is 27.5. The molecule has 7 nitrogen and oxygen atoms in total. The van der Waals surface area contributed by atoms with Crippen molar-refractivity contribution in [2.45, 2.75) is 80.1 Å². The fourth-order valence-corrected chi connectivity index (χ4v) is 2.16. The lowest BCUT2D eigenvalue weighted by Gasteiger charge is -2.16. The number of esters is 2. The zero-order valence-corrected chi connectivity index (χ0v) is 20.5. The maximum Gasteiger partial charge on any atom is 0.348 e. The molecule has 0 aliphatic carbocycles. The maximum atomic E-state index is 11.1. The number of rotatable bonds is 13. The number of carbonyl (C=O) groups excluding carboxylic acids is 2. The SMILES string of the molecule is C=C(C#N)C(=O)OCC.CCCCCC(=C=[N-])C(=O)OCC.CCCCN(CC)CC. The highest BCUT2D eigenvalue weighted by Gasteiger charge is 2.07. The van der Waals surface area contributed by atoms with Crippen LogP contribution >= 0.6 is 0 Å². The molecule has 0 aromatic heterocycles. The maximum absolute atomic E-state index is 11.1. The zero-order chi connectivity index (χ0) is 24.5. The Balaban J connectivity index is -0.000000390. The highest BCUT2D eigenvalue weighted by Crippen LogP contribution is 2.07. The predicted molar refractivity (Wildman–Crippen MR) is 127 cm³/mol. The van der Waals surface area contributed by atoms with Crippen LogP contribution in [0, 0.1) is 11.3 Å². The van der Waals surface area contributed by atoms with Gasteiger partial charge in [-0.15, -0.1) is 0 Å². The first kappa shape index (κ1) is 33.2. The van der Waals surface area contributed by atoms with Crippen LogP contribution in [0.3, 0.4) is 0 Å². The minimum atomic E-state index is -0.639. The second kappa shape index (κ2) is 25.6. The summed E-state index contributed by atoms with van der Waals surface area (Å²) in [5, 5.41) is 16.7. The molecule has 0 rings (SSSR count). The van der Waals surface area contributed by atoms with Crippen LogP contribution in [0.2, 0.25) is 0 Å². The second-order valence-corrected chi connectivity index (χ2v) is 6.46. The van der Waals surface area contributed by atoms with Gasteiger partial charge in [0, 0.05) is 0 Å². The van der Waals surface area contributed by atoms with Crippen LogP contribution in [0.1, 0.15) is 80.1 Å². The molecule has 7 heteroatoms. The summed E-state index contributed by atoms with van der Waals surface area (Å²) >= 11 is 0. The van der Waals surface area contributed by atoms with Gasteiger partial charge in [-0.3, -0.25) is 5.87 Å². The van der Waals surface area contributed by atoms with Crippen molar-refractivity contribution in [1.82, 2.24) is 4.90 Å². The first-order valence-electron chi connectivity index (χ1n) is 11.2. The van der Waals surface area contributed by atoms with E-state index in [1.807, 2.05) is 5.87 Å². The topological polar surface area (TPSA) is 102 Å². The highest BCUT2D eigenvalue weighted by atomic mass is 16.5. The molecule has 0 saturated heterocycles. The number of carbonyl (C=O) groups is 2. The number of hydrogen-bond donors (Lipinski definition) is 0. The Morgan fingerprint density at radius 3 is 1.81 bits per heavy atom. The van der Waals surface area contributed by atoms with Crippen molar-refractivity contribution in [3.63, 3.8) is 0 Å². The lowest BCUT2D eigenvalue weighted by atomic mass is 10.1. The third kappa shape index (κ3) is 22.1. The van der Waals surface area contributed by atoms with E-state index in [1.165, 1.54) is 32.5 Å². The molecular formula is C24H42N3O4-. The molecule has 0 saturated carbocycles. The average Bonchev–Trinajstić information content (AvgIpc) is 2.78. The van der Waals surface area contributed by atoms with Gasteiger partial charge in [0.05, 0.1) is 18.8 Å². The minimum Gasteiger partial charge on any atom is -0.763 e. The van der Waals surface area contributed by atoms with E-state index in [0.29, 0.717) is 13.0 Å². The van der Waals surface area contributed by atoms with Gasteiger partial charge in [-0.05, 0) is 52.7 Å². The van der Waals surface area contributed by atoms with Gasteiger partial charge in [0.1, 0.15) is 11.6 Å². The summed E-state index contributed by atoms with van der Waals surface area (Å²) in [6.45, 7) is 19.6. The standard InChI is InChI=1S/C10H16NO2.C8H19N.C6H7NO2/c1-3-5-6-7-9(8-11)10(12)13-4-2;1-4-7-8-9(5-2)6-3;1-3-9-6(8)5(2)4-7/h3-7H2,1-2H3;4-8H2,1-3H3;2-3H2,1H3/q-1;;. The molecule has 0 fully saturated rings. The molecule has 0 radical (unpaired) electrons. The van der Waals surface area contributed by atoms with Gasteiger partial charge >= 0.3 is 11.9 Å². The molecule has 0 N–H and O–H groups in total. The quantitative estimate of drug-likeness (QED) is 0.132. The van der Waals surface area contributed by atoms with Crippen molar-refractivity contribution in [3.05, 3.63) is 23.1 Å². The number of nitriles is 1. The number of ether oxygens (including phenoxy) is 2. The Hall–Kier alpha value is -2.42. The third-order valence-electron chi connectivity index (χ3n) is 4.07. The minimum absolute atomic E-state index is 0.156. The second-order valence-electron chi connectivity index (χ2n) is 6.46. The van der Waals surface area contributed by atoms with Gasteiger partial charge in [0.15, 0.2) is 0 Å². The van der Waals surface area contributed by atoms with Crippen LogP contribution in [0.5, 0.6) is 0 Å². The molecule has 0 aromatic rings. The van der Waals surface area contributed by atoms with E-state index in [2.05, 4.69) is 43.9 Å². The Labute approximate surface area is 189 Å². The molecule has 178 valence electrons. The van der Waals surface area contributed by atoms with Crippen molar-refractivity contribution < 1.29 is 19.1 Å². The largest absolute Gasteiger partial charge is 0.763 e. The van der Waals surface area contributed by atoms with E-state index in [4.69, 9.17) is 15.4 Å². The third-order valence-corrected chi connectivity index (χ3v) is 4.07. The van der Waals surface area contributed by atoms with Crippen LogP contribution in [0.25, 0.3) is 5.41 Å². The van der Waals surface area contributed by atoms with Crippen molar-refractivity contribution in [1.29, 1.82) is 5.26 Å². The predicted octanol–water partition coefficient (Wildman–Crippen LogP) is 5.05. The summed E-state index contributed by atoms with van der Waals surface area (Å²) in [5.41, 5.74) is 0.0900. The fourth-order valence-electron chi connectivity index (χ4n) is 2.16. The molecule has 0 spiro atoms. The molecule has 0 aromatic carbocycles. The Bertz CT molecular complexity index is 572. The van der Waals surface area contributed by atoms with Gasteiger partial charge in [-0.1, -0.05) is 53.5 Å². The van der Waals surface area contributed by atoms with Crippen LogP contribution in [-0.2, 0) is 19.1 Å². The van der Waals surface area contributed by atoms with Gasteiger partial charge in [-0.2, -0.15) is 5.26 Å². The van der Waals surface area contributed by atoms with E-state index in [1.54, 1.807) is 19.9 Å². The van der Waals surface area contributed by atoms with Crippen molar-refractivity contribution in [2.24, 2.45) is 0 Å². The molecular weight excluding hydrogens is 394 g/mol. The summed E-state index contributed by atoms with van der Waals surface area (Å²) in [7, 11) is 0. The van der Waals surface area contributed by atoms with E-state index in [0.717, 1.165) is 19.3 Å². The van der Waals surface area contributed by atoms with Crippen molar-refractivity contribution in [2.75, 3.05) is 32.8 Å². The number of hydrogen-bond acceptors (Lipinski definition) is 6. The summed E-state index contributed by atoms with van der Waals surface area (Å²) in [5.74, 6) is 0.791. The molecule has 0 atom stereocenters. The number of nitrogens with zero attached hydrogens (tertiary/aromatic N) is 3. The summed E-state index contributed by atoms with van der Waals surface area (Å²) in [6, 6.07) is 1.58. The van der Waals surface area contributed by atoms with E-state index in [9.17, 15) is 9.59 Å². The van der Waals surface area contributed by atoms with Gasteiger partial charge in [0.2, 0.25) is 0 Å². The highest BCUT2D eigenvalue weighted by molar-refractivity contribution is 5.98. The van der Waals surface area contributed by atoms with Crippen LogP contribution < -0.4 is 0 Å². The van der Waals surface area contributed by atoms with E-state index >= 15 is 0 Å². The lowest BCUT2D eigenvalue weighted by Crippen LogP contribution is -2.23. The van der Waals surface area contributed by atoms with E-state index in [-0.39, 0.29) is 17.8 Å². The fraction of sp³-hybridized carbons (Fsp3) is 0.708. The van der Waals surface area contributed by atoms with Crippen molar-refractivity contribution in [3.8, 4) is 6.07 Å². The average molecular weight is 437 g/mol. The first-order valence-corrected chi connectivity index (χ1v) is 11.2. The van der Waals surface area contributed by atoms with Crippen LogP contribution in [0.4, 0.5) is 0 Å². The molecule has 0 aliphatic rings. The molecule has 0 unspecified atom stereocenters. The zero-order valence-electron chi connectivity index (χ0n) is 20.5. The van der Waals surface area contributed by atoms with Crippen LogP contribution in [-0.4, -0.2) is 55.6 Å².